The van der Waals surface area contributed by atoms with Gasteiger partial charge in [-0.25, -0.2) is 0 Å². The maximum absolute atomic E-state index is 6.34. The summed E-state index contributed by atoms with van der Waals surface area (Å²) in [6, 6.07) is -0.155. The molecule has 1 aromatic rings. The van der Waals surface area contributed by atoms with Crippen molar-refractivity contribution in [3.63, 3.8) is 0 Å². The summed E-state index contributed by atoms with van der Waals surface area (Å²) in [4.78, 5) is 2.11. The van der Waals surface area contributed by atoms with E-state index in [4.69, 9.17) is 21.1 Å². The van der Waals surface area contributed by atoms with Crippen LogP contribution in [0.1, 0.15) is 25.1 Å². The minimum absolute atomic E-state index is 0.155. The second kappa shape index (κ2) is 9.38. The molecule has 0 aliphatic heterocycles. The fourth-order valence-corrected chi connectivity index (χ4v) is 2.40. The molecule has 0 amide bonds. The third-order valence-electron chi connectivity index (χ3n) is 3.24. The molecule has 0 saturated heterocycles. The summed E-state index contributed by atoms with van der Waals surface area (Å²) in [7, 11) is 7.32. The first-order valence-electron chi connectivity index (χ1n) is 7.20. The summed E-state index contributed by atoms with van der Waals surface area (Å²) in [5.74, 6) is 0. The predicted octanol–water partition coefficient (Wildman–Crippen LogP) is 1.76. The third kappa shape index (κ3) is 5.23. The van der Waals surface area contributed by atoms with Crippen molar-refractivity contribution in [2.75, 3.05) is 41.4 Å². The van der Waals surface area contributed by atoms with Crippen LogP contribution >= 0.6 is 11.6 Å². The maximum Gasteiger partial charge on any atom is 0.177 e. The van der Waals surface area contributed by atoms with Gasteiger partial charge in [0.15, 0.2) is 6.29 Å². The van der Waals surface area contributed by atoms with E-state index in [0.717, 1.165) is 31.7 Å². The fourth-order valence-electron chi connectivity index (χ4n) is 2.14. The summed E-state index contributed by atoms with van der Waals surface area (Å²) >= 11 is 6.34. The second-order valence-corrected chi connectivity index (χ2v) is 5.58. The number of hydrogen-bond donors (Lipinski definition) is 1. The molecule has 21 heavy (non-hydrogen) atoms. The topological polar surface area (TPSA) is 51.6 Å². The Labute approximate surface area is 132 Å². The highest BCUT2D eigenvalue weighted by atomic mass is 35.5. The molecule has 1 unspecified atom stereocenters. The molecule has 122 valence electrons. The lowest BCUT2D eigenvalue weighted by atomic mass is 10.2. The molecule has 1 atom stereocenters. The van der Waals surface area contributed by atoms with Crippen molar-refractivity contribution < 1.29 is 9.47 Å². The molecule has 0 aromatic carbocycles. The van der Waals surface area contributed by atoms with E-state index in [1.807, 2.05) is 18.8 Å². The zero-order valence-corrected chi connectivity index (χ0v) is 14.4. The molecule has 0 saturated carbocycles. The third-order valence-corrected chi connectivity index (χ3v) is 3.53. The van der Waals surface area contributed by atoms with Gasteiger partial charge in [0.05, 0.1) is 23.5 Å². The van der Waals surface area contributed by atoms with Crippen LogP contribution in [0.2, 0.25) is 5.02 Å². The molecule has 0 bridgehead atoms. The Kier molecular flexibility index (Phi) is 8.21. The van der Waals surface area contributed by atoms with E-state index in [-0.39, 0.29) is 6.04 Å². The largest absolute Gasteiger partial charge is 0.354 e. The van der Waals surface area contributed by atoms with Crippen LogP contribution in [-0.4, -0.2) is 62.4 Å². The Morgan fingerprint density at radius 3 is 2.57 bits per heavy atom. The molecule has 0 spiro atoms. The number of halogens is 1. The summed E-state index contributed by atoms with van der Waals surface area (Å²) in [5.41, 5.74) is 0.903. The smallest absolute Gasteiger partial charge is 0.177 e. The van der Waals surface area contributed by atoms with Gasteiger partial charge >= 0.3 is 0 Å². The second-order valence-electron chi connectivity index (χ2n) is 5.18. The van der Waals surface area contributed by atoms with Gasteiger partial charge in [0, 0.05) is 20.8 Å². The van der Waals surface area contributed by atoms with Gasteiger partial charge < -0.3 is 19.7 Å². The van der Waals surface area contributed by atoms with Crippen molar-refractivity contribution >= 4 is 11.6 Å². The molecule has 7 heteroatoms. The molecule has 0 aliphatic carbocycles. The number of ether oxygens (including phenoxy) is 2. The SMILES string of the molecule is CCCNC(c1c(Cl)cnn1CCN(C)C)C(OC)OC. The van der Waals surface area contributed by atoms with Gasteiger partial charge in [0.1, 0.15) is 6.04 Å². The predicted molar refractivity (Wildman–Crippen MR) is 84.6 cm³/mol. The molecular weight excluding hydrogens is 292 g/mol. The van der Waals surface area contributed by atoms with Crippen molar-refractivity contribution in [3.8, 4) is 0 Å². The fraction of sp³-hybridized carbons (Fsp3) is 0.786. The first-order valence-corrected chi connectivity index (χ1v) is 7.57. The van der Waals surface area contributed by atoms with Crippen molar-refractivity contribution in [2.45, 2.75) is 32.2 Å². The summed E-state index contributed by atoms with van der Waals surface area (Å²) in [6.07, 6.45) is 2.28. The van der Waals surface area contributed by atoms with Crippen molar-refractivity contribution in [3.05, 3.63) is 16.9 Å². The van der Waals surface area contributed by atoms with E-state index in [0.29, 0.717) is 5.02 Å². The lowest BCUT2D eigenvalue weighted by molar-refractivity contribution is -0.125. The summed E-state index contributed by atoms with van der Waals surface area (Å²) in [5, 5.41) is 8.43. The van der Waals surface area contributed by atoms with E-state index in [9.17, 15) is 0 Å². The van der Waals surface area contributed by atoms with Gasteiger partial charge in [0.25, 0.3) is 0 Å². The monoisotopic (exact) mass is 318 g/mol. The Morgan fingerprint density at radius 2 is 2.05 bits per heavy atom. The Hall–Kier alpha value is -0.660. The van der Waals surface area contributed by atoms with Crippen molar-refractivity contribution in [1.29, 1.82) is 0 Å². The molecule has 6 nitrogen and oxygen atoms in total. The highest BCUT2D eigenvalue weighted by molar-refractivity contribution is 6.31. The molecule has 0 fully saturated rings. The summed E-state index contributed by atoms with van der Waals surface area (Å²) in [6.45, 7) is 4.61. The average molecular weight is 319 g/mol. The number of likely N-dealkylation sites (N-methyl/N-ethyl adjacent to an activating group) is 1. The van der Waals surface area contributed by atoms with Crippen LogP contribution in [0.4, 0.5) is 0 Å². The Balaban J connectivity index is 3.01. The van der Waals surface area contributed by atoms with Crippen LogP contribution < -0.4 is 5.32 Å². The normalized spacial score (nSPS) is 13.3. The van der Waals surface area contributed by atoms with Gasteiger partial charge in [-0.1, -0.05) is 18.5 Å². The molecule has 1 N–H and O–H groups in total. The maximum atomic E-state index is 6.34. The van der Waals surface area contributed by atoms with E-state index in [2.05, 4.69) is 22.2 Å². The standard InChI is InChI=1S/C14H27ClN4O2/c1-6-7-16-12(14(20-4)21-5)13-11(15)10-17-19(13)9-8-18(2)3/h10,12,14,16H,6-9H2,1-5H3. The lowest BCUT2D eigenvalue weighted by Gasteiger charge is -2.27. The zero-order chi connectivity index (χ0) is 15.8. The molecule has 1 heterocycles. The van der Waals surface area contributed by atoms with E-state index < -0.39 is 6.29 Å². The quantitative estimate of drug-likeness (QED) is 0.666. The minimum atomic E-state index is -0.413. The lowest BCUT2D eigenvalue weighted by Crippen LogP contribution is -2.37. The summed E-state index contributed by atoms with van der Waals surface area (Å²) < 4.78 is 12.8. The first-order chi connectivity index (χ1) is 10.0. The van der Waals surface area contributed by atoms with Gasteiger partial charge in [-0.15, -0.1) is 0 Å². The van der Waals surface area contributed by atoms with E-state index in [1.165, 1.54) is 0 Å². The Bertz CT molecular complexity index is 408. The molecule has 1 aromatic heterocycles. The Morgan fingerprint density at radius 1 is 1.38 bits per heavy atom. The van der Waals surface area contributed by atoms with E-state index in [1.54, 1.807) is 20.4 Å². The van der Waals surface area contributed by atoms with E-state index >= 15 is 0 Å². The number of hydrogen-bond acceptors (Lipinski definition) is 5. The molecular formula is C14H27ClN4O2. The number of nitrogens with one attached hydrogen (secondary N) is 1. The zero-order valence-electron chi connectivity index (χ0n) is 13.6. The van der Waals surface area contributed by atoms with Crippen molar-refractivity contribution in [2.24, 2.45) is 0 Å². The van der Waals surface area contributed by atoms with Gasteiger partial charge in [-0.2, -0.15) is 5.10 Å². The minimum Gasteiger partial charge on any atom is -0.354 e. The van der Waals surface area contributed by atoms with Crippen LogP contribution in [0.5, 0.6) is 0 Å². The number of methoxy groups -OCH3 is 2. The van der Waals surface area contributed by atoms with Crippen LogP contribution in [0.25, 0.3) is 0 Å². The highest BCUT2D eigenvalue weighted by Gasteiger charge is 2.28. The molecule has 1 rings (SSSR count). The number of nitrogens with zero attached hydrogens (tertiary/aromatic N) is 3. The number of rotatable bonds is 10. The van der Waals surface area contributed by atoms with Gasteiger partial charge in [-0.05, 0) is 27.1 Å². The van der Waals surface area contributed by atoms with Gasteiger partial charge in [-0.3, -0.25) is 4.68 Å². The number of aromatic nitrogens is 2. The van der Waals surface area contributed by atoms with Crippen molar-refractivity contribution in [1.82, 2.24) is 20.0 Å². The first kappa shape index (κ1) is 18.4. The molecule has 0 radical (unpaired) electrons. The van der Waals surface area contributed by atoms with Crippen LogP contribution in [0, 0.1) is 0 Å². The van der Waals surface area contributed by atoms with Crippen LogP contribution in [-0.2, 0) is 16.0 Å². The van der Waals surface area contributed by atoms with Crippen LogP contribution in [0.3, 0.4) is 0 Å². The van der Waals surface area contributed by atoms with Crippen LogP contribution in [0.15, 0.2) is 6.20 Å². The highest BCUT2D eigenvalue weighted by Crippen LogP contribution is 2.27. The van der Waals surface area contributed by atoms with Gasteiger partial charge in [0.2, 0.25) is 0 Å². The molecule has 0 aliphatic rings. The average Bonchev–Trinajstić information content (AvgIpc) is 2.82.